The molecule has 0 bridgehead atoms. The van der Waals surface area contributed by atoms with Gasteiger partial charge in [-0.2, -0.15) is 0 Å². The third-order valence-corrected chi connectivity index (χ3v) is 3.67. The molecule has 0 aromatic rings. The van der Waals surface area contributed by atoms with Crippen molar-refractivity contribution in [1.82, 2.24) is 10.2 Å². The molecule has 80 valence electrons. The number of rotatable bonds is 4. The van der Waals surface area contributed by atoms with Crippen LogP contribution in [0, 0.1) is 11.8 Å². The molecule has 1 aliphatic heterocycles. The van der Waals surface area contributed by atoms with Crippen molar-refractivity contribution >= 4 is 0 Å². The lowest BCUT2D eigenvalue weighted by Gasteiger charge is -2.21. The Morgan fingerprint density at radius 1 is 1.43 bits per heavy atom. The fraction of sp³-hybridized carbons (Fsp3) is 0.833. The van der Waals surface area contributed by atoms with E-state index in [-0.39, 0.29) is 0 Å². The molecule has 1 saturated heterocycles. The number of fused-ring (bicyclic) bond motifs is 1. The fourth-order valence-corrected chi connectivity index (χ4v) is 2.77. The highest BCUT2D eigenvalue weighted by Gasteiger charge is 2.29. The van der Waals surface area contributed by atoms with Crippen LogP contribution < -0.4 is 5.32 Å². The summed E-state index contributed by atoms with van der Waals surface area (Å²) in [6.45, 7) is 10.5. The molecule has 1 unspecified atom stereocenters. The smallest absolute Gasteiger partial charge is 0.0168 e. The van der Waals surface area contributed by atoms with Crippen LogP contribution in [0.2, 0.25) is 0 Å². The molecule has 1 aliphatic carbocycles. The quantitative estimate of drug-likeness (QED) is 0.682. The van der Waals surface area contributed by atoms with Gasteiger partial charge in [0.25, 0.3) is 0 Å². The maximum absolute atomic E-state index is 3.44. The number of nitrogens with zero attached hydrogens (tertiary/aromatic N) is 1. The zero-order valence-corrected chi connectivity index (χ0v) is 9.42. The number of nitrogens with one attached hydrogen (secondary N) is 1. The van der Waals surface area contributed by atoms with Crippen LogP contribution in [0.5, 0.6) is 0 Å². The summed E-state index contributed by atoms with van der Waals surface area (Å²) in [7, 11) is 0. The van der Waals surface area contributed by atoms with Gasteiger partial charge in [-0.05, 0) is 31.3 Å². The van der Waals surface area contributed by atoms with Crippen LogP contribution in [-0.2, 0) is 0 Å². The zero-order chi connectivity index (χ0) is 9.97. The summed E-state index contributed by atoms with van der Waals surface area (Å²) in [6.07, 6.45) is 3.92. The SMILES string of the molecule is CCN(CC)CC1C=C2CNC[C@@H]2C1. The van der Waals surface area contributed by atoms with Crippen LogP contribution in [0.25, 0.3) is 0 Å². The first-order chi connectivity index (χ1) is 6.83. The Morgan fingerprint density at radius 2 is 2.21 bits per heavy atom. The van der Waals surface area contributed by atoms with E-state index < -0.39 is 0 Å². The van der Waals surface area contributed by atoms with Crippen molar-refractivity contribution < 1.29 is 0 Å². The van der Waals surface area contributed by atoms with E-state index >= 15 is 0 Å². The minimum absolute atomic E-state index is 0.831. The molecule has 1 fully saturated rings. The summed E-state index contributed by atoms with van der Waals surface area (Å²) >= 11 is 0. The number of hydrogen-bond donors (Lipinski definition) is 1. The lowest BCUT2D eigenvalue weighted by molar-refractivity contribution is 0.266. The maximum atomic E-state index is 3.44. The highest BCUT2D eigenvalue weighted by atomic mass is 15.1. The first-order valence-corrected chi connectivity index (χ1v) is 5.97. The molecule has 0 aromatic heterocycles. The Bertz CT molecular complexity index is 218. The molecule has 1 N–H and O–H groups in total. The minimum Gasteiger partial charge on any atom is -0.312 e. The van der Waals surface area contributed by atoms with Crippen LogP contribution in [-0.4, -0.2) is 37.6 Å². The molecule has 2 heteroatoms. The van der Waals surface area contributed by atoms with E-state index in [0.717, 1.165) is 18.4 Å². The van der Waals surface area contributed by atoms with Gasteiger partial charge in [-0.1, -0.05) is 25.5 Å². The van der Waals surface area contributed by atoms with Crippen LogP contribution in [0.15, 0.2) is 11.6 Å². The van der Waals surface area contributed by atoms with Gasteiger partial charge >= 0.3 is 0 Å². The predicted molar refractivity (Wildman–Crippen MR) is 60.3 cm³/mol. The van der Waals surface area contributed by atoms with Gasteiger partial charge in [-0.15, -0.1) is 0 Å². The normalized spacial score (nSPS) is 30.9. The zero-order valence-electron chi connectivity index (χ0n) is 9.42. The molecule has 2 aliphatic rings. The summed E-state index contributed by atoms with van der Waals surface area (Å²) in [5.41, 5.74) is 1.68. The summed E-state index contributed by atoms with van der Waals surface area (Å²) in [5.74, 6) is 1.70. The van der Waals surface area contributed by atoms with E-state index in [1.54, 1.807) is 5.57 Å². The van der Waals surface area contributed by atoms with E-state index in [1.165, 1.54) is 32.6 Å². The van der Waals surface area contributed by atoms with Crippen LogP contribution in [0.3, 0.4) is 0 Å². The van der Waals surface area contributed by atoms with Crippen molar-refractivity contribution in [2.75, 3.05) is 32.7 Å². The standard InChI is InChI=1S/C12H22N2/c1-3-14(4-2)9-10-5-11-7-13-8-12(11)6-10/h5,10,12-13H,3-4,6-9H2,1-2H3/t10?,12-/m0/s1. The fourth-order valence-electron chi connectivity index (χ4n) is 2.77. The Balaban J connectivity index is 1.86. The average Bonchev–Trinajstić information content (AvgIpc) is 2.73. The third-order valence-electron chi connectivity index (χ3n) is 3.67. The van der Waals surface area contributed by atoms with Crippen LogP contribution >= 0.6 is 0 Å². The van der Waals surface area contributed by atoms with E-state index in [4.69, 9.17) is 0 Å². The van der Waals surface area contributed by atoms with Gasteiger partial charge in [0.2, 0.25) is 0 Å². The molecule has 0 saturated carbocycles. The van der Waals surface area contributed by atoms with Gasteiger partial charge < -0.3 is 10.2 Å². The van der Waals surface area contributed by atoms with Gasteiger partial charge in [0.15, 0.2) is 0 Å². The molecule has 2 rings (SSSR count). The Morgan fingerprint density at radius 3 is 2.86 bits per heavy atom. The lowest BCUT2D eigenvalue weighted by atomic mass is 10.0. The van der Waals surface area contributed by atoms with Crippen molar-refractivity contribution in [3.63, 3.8) is 0 Å². The maximum Gasteiger partial charge on any atom is 0.0168 e. The van der Waals surface area contributed by atoms with Crippen molar-refractivity contribution in [3.8, 4) is 0 Å². The topological polar surface area (TPSA) is 15.3 Å². The van der Waals surface area contributed by atoms with Crippen molar-refractivity contribution in [3.05, 3.63) is 11.6 Å². The summed E-state index contributed by atoms with van der Waals surface area (Å²) in [6, 6.07) is 0. The van der Waals surface area contributed by atoms with Crippen molar-refractivity contribution in [1.29, 1.82) is 0 Å². The molecule has 2 atom stereocenters. The predicted octanol–water partition coefficient (Wildman–Crippen LogP) is 1.49. The Labute approximate surface area is 87.4 Å². The first-order valence-electron chi connectivity index (χ1n) is 5.97. The minimum atomic E-state index is 0.831. The largest absolute Gasteiger partial charge is 0.312 e. The van der Waals surface area contributed by atoms with E-state index in [2.05, 4.69) is 30.1 Å². The third kappa shape index (κ3) is 2.01. The van der Waals surface area contributed by atoms with E-state index in [1.807, 2.05) is 0 Å². The van der Waals surface area contributed by atoms with Crippen LogP contribution in [0.1, 0.15) is 20.3 Å². The monoisotopic (exact) mass is 194 g/mol. The summed E-state index contributed by atoms with van der Waals surface area (Å²) in [4.78, 5) is 2.54. The van der Waals surface area contributed by atoms with E-state index in [0.29, 0.717) is 0 Å². The van der Waals surface area contributed by atoms with E-state index in [9.17, 15) is 0 Å². The van der Waals surface area contributed by atoms with Gasteiger partial charge in [0.05, 0.1) is 0 Å². The molecular formula is C12H22N2. The van der Waals surface area contributed by atoms with Crippen molar-refractivity contribution in [2.24, 2.45) is 11.8 Å². The first kappa shape index (κ1) is 10.2. The Hall–Kier alpha value is -0.340. The summed E-state index contributed by atoms with van der Waals surface area (Å²) < 4.78 is 0. The molecule has 1 heterocycles. The molecule has 14 heavy (non-hydrogen) atoms. The average molecular weight is 194 g/mol. The van der Waals surface area contributed by atoms with Gasteiger partial charge in [0, 0.05) is 19.6 Å². The highest BCUT2D eigenvalue weighted by Crippen LogP contribution is 2.32. The van der Waals surface area contributed by atoms with Gasteiger partial charge in [-0.3, -0.25) is 0 Å². The molecule has 0 radical (unpaired) electrons. The molecular weight excluding hydrogens is 172 g/mol. The highest BCUT2D eigenvalue weighted by molar-refractivity contribution is 5.21. The molecule has 0 aromatic carbocycles. The lowest BCUT2D eigenvalue weighted by Crippen LogP contribution is -2.28. The van der Waals surface area contributed by atoms with Crippen LogP contribution in [0.4, 0.5) is 0 Å². The Kier molecular flexibility index (Phi) is 3.24. The second-order valence-electron chi connectivity index (χ2n) is 4.55. The second kappa shape index (κ2) is 4.45. The van der Waals surface area contributed by atoms with Gasteiger partial charge in [-0.25, -0.2) is 0 Å². The molecule has 0 spiro atoms. The second-order valence-corrected chi connectivity index (χ2v) is 4.55. The summed E-state index contributed by atoms with van der Waals surface area (Å²) in [5, 5.41) is 3.44. The molecule has 0 amide bonds. The van der Waals surface area contributed by atoms with Gasteiger partial charge in [0.1, 0.15) is 0 Å². The number of hydrogen-bond acceptors (Lipinski definition) is 2. The van der Waals surface area contributed by atoms with Crippen molar-refractivity contribution in [2.45, 2.75) is 20.3 Å². The molecule has 2 nitrogen and oxygen atoms in total.